The summed E-state index contributed by atoms with van der Waals surface area (Å²) >= 11 is 0. The zero-order valence-corrected chi connectivity index (χ0v) is 17.1. The number of nitrogens with zero attached hydrogens (tertiary/aromatic N) is 2. The summed E-state index contributed by atoms with van der Waals surface area (Å²) in [6, 6.07) is 15.4. The van der Waals surface area contributed by atoms with Gasteiger partial charge in [-0.1, -0.05) is 24.3 Å². The van der Waals surface area contributed by atoms with Crippen LogP contribution >= 0.6 is 0 Å². The Morgan fingerprint density at radius 3 is 2.76 bits per heavy atom. The number of aromatic amines is 1. The number of nitrogens with one attached hydrogen (secondary N) is 2. The van der Waals surface area contributed by atoms with Crippen LogP contribution in [-0.4, -0.2) is 42.5 Å². The summed E-state index contributed by atoms with van der Waals surface area (Å²) in [5.41, 5.74) is 3.15. The van der Waals surface area contributed by atoms with Crippen LogP contribution in [0.4, 0.5) is 0 Å². The van der Waals surface area contributed by atoms with Gasteiger partial charge < -0.3 is 9.55 Å². The molecule has 1 saturated heterocycles. The molecular weight excluding hydrogens is 384 g/mol. The van der Waals surface area contributed by atoms with Gasteiger partial charge in [0.15, 0.2) is 0 Å². The van der Waals surface area contributed by atoms with Gasteiger partial charge in [0.25, 0.3) is 0 Å². The third-order valence-electron chi connectivity index (χ3n) is 5.92. The molecule has 1 fully saturated rings. The highest BCUT2D eigenvalue weighted by molar-refractivity contribution is 7.89. The molecule has 4 aromatic rings. The maximum atomic E-state index is 13.0. The number of aromatic nitrogens is 2. The first-order chi connectivity index (χ1) is 14.0. The number of benzene rings is 2. The van der Waals surface area contributed by atoms with Crippen molar-refractivity contribution in [1.29, 1.82) is 0 Å². The Balaban J connectivity index is 1.45. The van der Waals surface area contributed by atoms with Gasteiger partial charge in [-0.25, -0.2) is 13.1 Å². The molecule has 0 bridgehead atoms. The molecule has 0 saturated carbocycles. The second kappa shape index (κ2) is 7.02. The number of sulfonamides is 1. The molecule has 0 unspecified atom stereocenters. The average Bonchev–Trinajstić information content (AvgIpc) is 3.28. The van der Waals surface area contributed by atoms with Crippen LogP contribution in [-0.2, 0) is 17.1 Å². The Morgan fingerprint density at radius 2 is 1.97 bits per heavy atom. The molecule has 1 aliphatic rings. The molecule has 0 spiro atoms. The normalized spacial score (nSPS) is 16.3. The lowest BCUT2D eigenvalue weighted by molar-refractivity contribution is 0.120. The van der Waals surface area contributed by atoms with Crippen molar-refractivity contribution < 1.29 is 8.42 Å². The fourth-order valence-electron chi connectivity index (χ4n) is 4.19. The second-order valence-electron chi connectivity index (χ2n) is 7.70. The molecule has 29 heavy (non-hydrogen) atoms. The van der Waals surface area contributed by atoms with E-state index in [-0.39, 0.29) is 10.9 Å². The van der Waals surface area contributed by atoms with E-state index in [0.717, 1.165) is 35.9 Å². The fraction of sp³-hybridized carbons (Fsp3) is 0.273. The second-order valence-corrected chi connectivity index (χ2v) is 9.46. The summed E-state index contributed by atoms with van der Waals surface area (Å²) in [4.78, 5) is 5.71. The van der Waals surface area contributed by atoms with Gasteiger partial charge in [0.05, 0.1) is 10.9 Å². The first-order valence-electron chi connectivity index (χ1n) is 9.88. The fourth-order valence-corrected chi connectivity index (χ4v) is 5.26. The maximum absolute atomic E-state index is 13.0. The first-order valence-corrected chi connectivity index (χ1v) is 11.4. The predicted octanol–water partition coefficient (Wildman–Crippen LogP) is 3.38. The molecule has 0 aliphatic carbocycles. The van der Waals surface area contributed by atoms with Crippen LogP contribution < -0.4 is 4.72 Å². The lowest BCUT2D eigenvalue weighted by Crippen LogP contribution is -2.45. The van der Waals surface area contributed by atoms with Gasteiger partial charge in [-0.3, -0.25) is 4.90 Å². The number of rotatable bonds is 6. The Kier molecular flexibility index (Phi) is 4.46. The van der Waals surface area contributed by atoms with Gasteiger partial charge in [0.2, 0.25) is 10.0 Å². The third kappa shape index (κ3) is 3.25. The van der Waals surface area contributed by atoms with Gasteiger partial charge in [-0.05, 0) is 41.6 Å². The zero-order valence-electron chi connectivity index (χ0n) is 16.3. The highest BCUT2D eigenvalue weighted by Gasteiger charge is 2.29. The van der Waals surface area contributed by atoms with E-state index in [1.165, 1.54) is 10.9 Å². The number of H-pyrrole nitrogens is 1. The standard InChI is InChI=1S/C22H24N4O2S/c1-25-15-19(18-5-2-3-6-21(18)25)22(26-11-4-12-26)14-24-29(27,28)17-8-7-16-9-10-23-20(16)13-17/h2-3,5-10,13,15,22-24H,4,11-12,14H2,1H3/t22-/m1/s1. The van der Waals surface area contributed by atoms with E-state index in [2.05, 4.69) is 37.5 Å². The highest BCUT2D eigenvalue weighted by Crippen LogP contribution is 2.32. The summed E-state index contributed by atoms with van der Waals surface area (Å²) in [6.45, 7) is 2.33. The van der Waals surface area contributed by atoms with E-state index in [1.807, 2.05) is 37.5 Å². The SMILES string of the molecule is Cn1cc([C@@H](CNS(=O)(=O)c2ccc3cc[nH]c3c2)N2CCC2)c2ccccc21. The van der Waals surface area contributed by atoms with Crippen molar-refractivity contribution in [2.45, 2.75) is 17.4 Å². The molecule has 0 radical (unpaired) electrons. The van der Waals surface area contributed by atoms with E-state index >= 15 is 0 Å². The van der Waals surface area contributed by atoms with Crippen molar-refractivity contribution in [2.24, 2.45) is 7.05 Å². The molecule has 7 heteroatoms. The molecule has 3 heterocycles. The topological polar surface area (TPSA) is 70.1 Å². The Hall–Kier alpha value is -2.61. The molecule has 2 aromatic heterocycles. The van der Waals surface area contributed by atoms with E-state index in [4.69, 9.17) is 0 Å². The number of hydrogen-bond acceptors (Lipinski definition) is 3. The van der Waals surface area contributed by atoms with E-state index in [1.54, 1.807) is 12.1 Å². The van der Waals surface area contributed by atoms with E-state index < -0.39 is 10.0 Å². The molecule has 1 aliphatic heterocycles. The van der Waals surface area contributed by atoms with Crippen LogP contribution in [0.5, 0.6) is 0 Å². The van der Waals surface area contributed by atoms with Gasteiger partial charge in [0, 0.05) is 55.5 Å². The number of likely N-dealkylation sites (tertiary alicyclic amines) is 1. The van der Waals surface area contributed by atoms with Gasteiger partial charge >= 0.3 is 0 Å². The zero-order chi connectivity index (χ0) is 20.0. The molecule has 6 nitrogen and oxygen atoms in total. The maximum Gasteiger partial charge on any atom is 0.240 e. The molecular formula is C22H24N4O2S. The summed E-state index contributed by atoms with van der Waals surface area (Å²) in [6.07, 6.45) is 5.10. The molecule has 2 N–H and O–H groups in total. The molecule has 0 amide bonds. The Morgan fingerprint density at radius 1 is 1.14 bits per heavy atom. The molecule has 150 valence electrons. The first kappa shape index (κ1) is 18.4. The Labute approximate surface area is 170 Å². The summed E-state index contributed by atoms with van der Waals surface area (Å²) in [5.74, 6) is 0. The van der Waals surface area contributed by atoms with E-state index in [9.17, 15) is 8.42 Å². The quantitative estimate of drug-likeness (QED) is 0.514. The van der Waals surface area contributed by atoms with Crippen molar-refractivity contribution in [3.05, 3.63) is 66.5 Å². The lowest BCUT2D eigenvalue weighted by Gasteiger charge is -2.38. The predicted molar refractivity (Wildman–Crippen MR) is 115 cm³/mol. The van der Waals surface area contributed by atoms with Crippen LogP contribution in [0.25, 0.3) is 21.8 Å². The summed E-state index contributed by atoms with van der Waals surface area (Å²) in [7, 11) is -1.56. The Bertz CT molecular complexity index is 1280. The molecule has 1 atom stereocenters. The van der Waals surface area contributed by atoms with Crippen molar-refractivity contribution in [1.82, 2.24) is 19.2 Å². The number of aryl methyl sites for hydroxylation is 1. The number of fused-ring (bicyclic) bond motifs is 2. The van der Waals surface area contributed by atoms with Gasteiger partial charge in [-0.2, -0.15) is 0 Å². The largest absolute Gasteiger partial charge is 0.361 e. The van der Waals surface area contributed by atoms with Crippen molar-refractivity contribution in [3.8, 4) is 0 Å². The van der Waals surface area contributed by atoms with Crippen molar-refractivity contribution in [3.63, 3.8) is 0 Å². The minimum Gasteiger partial charge on any atom is -0.361 e. The molecule has 2 aromatic carbocycles. The molecule has 5 rings (SSSR count). The van der Waals surface area contributed by atoms with Crippen LogP contribution in [0.3, 0.4) is 0 Å². The minimum absolute atomic E-state index is 0.0128. The number of para-hydroxylation sites is 1. The smallest absolute Gasteiger partial charge is 0.240 e. The van der Waals surface area contributed by atoms with Crippen molar-refractivity contribution >= 4 is 31.8 Å². The van der Waals surface area contributed by atoms with Gasteiger partial charge in [0.1, 0.15) is 0 Å². The lowest BCUT2D eigenvalue weighted by atomic mass is 10.0. The third-order valence-corrected chi connectivity index (χ3v) is 7.34. The van der Waals surface area contributed by atoms with Crippen LogP contribution in [0.15, 0.2) is 65.8 Å². The van der Waals surface area contributed by atoms with Crippen LogP contribution in [0.1, 0.15) is 18.0 Å². The van der Waals surface area contributed by atoms with Crippen LogP contribution in [0.2, 0.25) is 0 Å². The minimum atomic E-state index is -3.60. The monoisotopic (exact) mass is 408 g/mol. The number of hydrogen-bond donors (Lipinski definition) is 2. The van der Waals surface area contributed by atoms with Crippen LogP contribution in [0, 0.1) is 0 Å². The highest BCUT2D eigenvalue weighted by atomic mass is 32.2. The summed E-state index contributed by atoms with van der Waals surface area (Å²) < 4.78 is 30.9. The summed E-state index contributed by atoms with van der Waals surface area (Å²) in [5, 5.41) is 2.18. The van der Waals surface area contributed by atoms with Crippen molar-refractivity contribution in [2.75, 3.05) is 19.6 Å². The van der Waals surface area contributed by atoms with E-state index in [0.29, 0.717) is 6.54 Å². The van der Waals surface area contributed by atoms with Gasteiger partial charge in [-0.15, -0.1) is 0 Å². The average molecular weight is 409 g/mol.